The van der Waals surface area contributed by atoms with Crippen LogP contribution in [0.4, 0.5) is 0 Å². The minimum atomic E-state index is -0.0279. The van der Waals surface area contributed by atoms with E-state index in [1.807, 2.05) is 18.2 Å². The fraction of sp³-hybridized carbons (Fsp3) is 0.417. The fourth-order valence-electron chi connectivity index (χ4n) is 1.54. The van der Waals surface area contributed by atoms with E-state index in [0.29, 0.717) is 19.0 Å². The molecule has 0 atom stereocenters. The molecule has 5 nitrogen and oxygen atoms in total. The van der Waals surface area contributed by atoms with Crippen LogP contribution in [0.2, 0.25) is 0 Å². The molecule has 0 saturated heterocycles. The standard InChI is InChI=1S/C12H16N2O3S/c1-14(2)13-12(15)8-18-9-3-4-10-11(7-9)17-6-5-16-10/h3-4,7H,5-6,8H2,1-2H3,(H,13,15). The molecule has 0 radical (unpaired) electrons. The molecule has 1 heterocycles. The molecule has 1 N–H and O–H groups in total. The smallest absolute Gasteiger partial charge is 0.244 e. The van der Waals surface area contributed by atoms with Crippen molar-refractivity contribution in [1.82, 2.24) is 10.4 Å². The molecule has 0 aromatic heterocycles. The summed E-state index contributed by atoms with van der Waals surface area (Å²) in [7, 11) is 3.57. The van der Waals surface area contributed by atoms with Crippen LogP contribution in [0, 0.1) is 0 Å². The van der Waals surface area contributed by atoms with Gasteiger partial charge in [0, 0.05) is 19.0 Å². The Balaban J connectivity index is 1.92. The van der Waals surface area contributed by atoms with Crippen molar-refractivity contribution in [3.05, 3.63) is 18.2 Å². The Hall–Kier alpha value is -1.40. The van der Waals surface area contributed by atoms with E-state index >= 15 is 0 Å². The molecule has 6 heteroatoms. The van der Waals surface area contributed by atoms with Gasteiger partial charge in [-0.1, -0.05) is 0 Å². The van der Waals surface area contributed by atoms with Gasteiger partial charge in [-0.15, -0.1) is 11.8 Å². The Morgan fingerprint density at radius 1 is 1.33 bits per heavy atom. The maximum Gasteiger partial charge on any atom is 0.244 e. The van der Waals surface area contributed by atoms with E-state index in [4.69, 9.17) is 9.47 Å². The summed E-state index contributed by atoms with van der Waals surface area (Å²) < 4.78 is 10.9. The van der Waals surface area contributed by atoms with Crippen LogP contribution < -0.4 is 14.9 Å². The van der Waals surface area contributed by atoms with Gasteiger partial charge >= 0.3 is 0 Å². The lowest BCUT2D eigenvalue weighted by molar-refractivity contribution is -0.122. The van der Waals surface area contributed by atoms with Crippen molar-refractivity contribution in [1.29, 1.82) is 0 Å². The minimum Gasteiger partial charge on any atom is -0.486 e. The van der Waals surface area contributed by atoms with Gasteiger partial charge < -0.3 is 9.47 Å². The first-order valence-electron chi connectivity index (χ1n) is 5.64. The third-order valence-corrected chi connectivity index (χ3v) is 3.23. The van der Waals surface area contributed by atoms with Crippen LogP contribution in [-0.2, 0) is 4.79 Å². The number of ether oxygens (including phenoxy) is 2. The van der Waals surface area contributed by atoms with Crippen LogP contribution >= 0.6 is 11.8 Å². The summed E-state index contributed by atoms with van der Waals surface area (Å²) >= 11 is 1.47. The molecular formula is C12H16N2O3S. The summed E-state index contributed by atoms with van der Waals surface area (Å²) in [5.41, 5.74) is 2.69. The van der Waals surface area contributed by atoms with Crippen molar-refractivity contribution < 1.29 is 14.3 Å². The van der Waals surface area contributed by atoms with Gasteiger partial charge in [-0.2, -0.15) is 0 Å². The largest absolute Gasteiger partial charge is 0.486 e. The van der Waals surface area contributed by atoms with Crippen molar-refractivity contribution in [3.8, 4) is 11.5 Å². The zero-order valence-corrected chi connectivity index (χ0v) is 11.3. The van der Waals surface area contributed by atoms with Crippen LogP contribution in [0.15, 0.2) is 23.1 Å². The Morgan fingerprint density at radius 2 is 2.06 bits per heavy atom. The number of hydrazine groups is 1. The van der Waals surface area contributed by atoms with Gasteiger partial charge in [0.25, 0.3) is 0 Å². The zero-order chi connectivity index (χ0) is 13.0. The summed E-state index contributed by atoms with van der Waals surface area (Å²) in [4.78, 5) is 12.5. The third kappa shape index (κ3) is 3.54. The van der Waals surface area contributed by atoms with E-state index in [0.717, 1.165) is 16.4 Å². The van der Waals surface area contributed by atoms with Gasteiger partial charge in [-0.25, -0.2) is 5.01 Å². The summed E-state index contributed by atoms with van der Waals surface area (Å²) in [6, 6.07) is 5.71. The molecule has 1 aliphatic heterocycles. The van der Waals surface area contributed by atoms with E-state index in [-0.39, 0.29) is 5.91 Å². The number of nitrogens with one attached hydrogen (secondary N) is 1. The second-order valence-corrected chi connectivity index (χ2v) is 5.07. The van der Waals surface area contributed by atoms with E-state index in [1.54, 1.807) is 19.1 Å². The van der Waals surface area contributed by atoms with Gasteiger partial charge in [0.1, 0.15) is 13.2 Å². The number of carbonyl (C=O) groups is 1. The van der Waals surface area contributed by atoms with Crippen molar-refractivity contribution in [2.24, 2.45) is 0 Å². The number of hydrogen-bond acceptors (Lipinski definition) is 5. The highest BCUT2D eigenvalue weighted by Gasteiger charge is 2.12. The number of thioether (sulfide) groups is 1. The van der Waals surface area contributed by atoms with Crippen LogP contribution in [0.1, 0.15) is 0 Å². The molecule has 2 rings (SSSR count). The summed E-state index contributed by atoms with van der Waals surface area (Å²) in [6.07, 6.45) is 0. The van der Waals surface area contributed by atoms with Crippen molar-refractivity contribution in [2.45, 2.75) is 4.90 Å². The van der Waals surface area contributed by atoms with Gasteiger partial charge in [-0.05, 0) is 18.2 Å². The van der Waals surface area contributed by atoms with Gasteiger partial charge in [-0.3, -0.25) is 10.2 Å². The Morgan fingerprint density at radius 3 is 2.78 bits per heavy atom. The molecule has 1 aromatic rings. The second-order valence-electron chi connectivity index (χ2n) is 4.02. The molecule has 0 spiro atoms. The Labute approximate surface area is 110 Å². The maximum atomic E-state index is 11.5. The number of fused-ring (bicyclic) bond motifs is 1. The number of carbonyl (C=O) groups excluding carboxylic acids is 1. The number of hydrogen-bond donors (Lipinski definition) is 1. The first-order chi connectivity index (χ1) is 8.65. The quantitative estimate of drug-likeness (QED) is 0.655. The normalized spacial score (nSPS) is 13.5. The molecule has 0 aliphatic carbocycles. The first kappa shape index (κ1) is 13.0. The van der Waals surface area contributed by atoms with E-state index in [9.17, 15) is 4.79 Å². The van der Waals surface area contributed by atoms with Gasteiger partial charge in [0.05, 0.1) is 5.75 Å². The molecule has 1 aromatic carbocycles. The number of nitrogens with zero attached hydrogens (tertiary/aromatic N) is 1. The SMILES string of the molecule is CN(C)NC(=O)CSc1ccc2c(c1)OCCO2. The molecule has 0 saturated carbocycles. The predicted octanol–water partition coefficient (Wildman–Crippen LogP) is 1.14. The number of benzene rings is 1. The first-order valence-corrected chi connectivity index (χ1v) is 6.63. The maximum absolute atomic E-state index is 11.5. The van der Waals surface area contributed by atoms with E-state index < -0.39 is 0 Å². The van der Waals surface area contributed by atoms with Crippen LogP contribution in [0.5, 0.6) is 11.5 Å². The molecule has 1 aliphatic rings. The fourth-order valence-corrected chi connectivity index (χ4v) is 2.26. The summed E-state index contributed by atoms with van der Waals surface area (Å²) in [5.74, 6) is 1.86. The van der Waals surface area contributed by atoms with Gasteiger partial charge in [0.2, 0.25) is 5.91 Å². The molecular weight excluding hydrogens is 252 g/mol. The molecule has 0 fully saturated rings. The highest BCUT2D eigenvalue weighted by atomic mass is 32.2. The van der Waals surface area contributed by atoms with E-state index in [1.165, 1.54) is 11.8 Å². The molecule has 0 unspecified atom stereocenters. The van der Waals surface area contributed by atoms with Crippen LogP contribution in [0.3, 0.4) is 0 Å². The van der Waals surface area contributed by atoms with Crippen LogP contribution in [-0.4, -0.2) is 44.0 Å². The Bertz CT molecular complexity index is 437. The number of rotatable bonds is 4. The molecule has 0 bridgehead atoms. The Kier molecular flexibility index (Phi) is 4.33. The second kappa shape index (κ2) is 5.97. The lowest BCUT2D eigenvalue weighted by Crippen LogP contribution is -2.37. The average molecular weight is 268 g/mol. The molecule has 1 amide bonds. The van der Waals surface area contributed by atoms with Crippen molar-refractivity contribution >= 4 is 17.7 Å². The van der Waals surface area contributed by atoms with Crippen molar-refractivity contribution in [3.63, 3.8) is 0 Å². The minimum absolute atomic E-state index is 0.0279. The lowest BCUT2D eigenvalue weighted by Gasteiger charge is -2.18. The highest BCUT2D eigenvalue weighted by Crippen LogP contribution is 2.33. The molecule has 18 heavy (non-hydrogen) atoms. The third-order valence-electron chi connectivity index (χ3n) is 2.23. The summed E-state index contributed by atoms with van der Waals surface area (Å²) in [5, 5.41) is 1.63. The van der Waals surface area contributed by atoms with Gasteiger partial charge in [0.15, 0.2) is 11.5 Å². The predicted molar refractivity (Wildman–Crippen MR) is 70.0 cm³/mol. The molecule has 98 valence electrons. The number of amides is 1. The monoisotopic (exact) mass is 268 g/mol. The van der Waals surface area contributed by atoms with Crippen molar-refractivity contribution in [2.75, 3.05) is 33.1 Å². The summed E-state index contributed by atoms with van der Waals surface area (Å²) in [6.45, 7) is 1.16. The topological polar surface area (TPSA) is 50.8 Å². The average Bonchev–Trinajstić information content (AvgIpc) is 2.35. The highest BCUT2D eigenvalue weighted by molar-refractivity contribution is 8.00. The zero-order valence-electron chi connectivity index (χ0n) is 10.4. The lowest BCUT2D eigenvalue weighted by atomic mass is 10.3. The van der Waals surface area contributed by atoms with E-state index in [2.05, 4.69) is 5.43 Å². The van der Waals surface area contributed by atoms with Crippen LogP contribution in [0.25, 0.3) is 0 Å².